The van der Waals surface area contributed by atoms with Crippen LogP contribution in [0.25, 0.3) is 0 Å². The van der Waals surface area contributed by atoms with E-state index in [1.54, 1.807) is 4.90 Å². The molecule has 1 aromatic rings. The van der Waals surface area contributed by atoms with E-state index < -0.39 is 11.6 Å². The van der Waals surface area contributed by atoms with Crippen molar-refractivity contribution < 1.29 is 13.6 Å². The van der Waals surface area contributed by atoms with Gasteiger partial charge in [0, 0.05) is 18.7 Å². The quantitative estimate of drug-likeness (QED) is 0.907. The summed E-state index contributed by atoms with van der Waals surface area (Å²) in [4.78, 5) is 13.5. The fourth-order valence-electron chi connectivity index (χ4n) is 2.17. The van der Waals surface area contributed by atoms with Crippen LogP contribution < -0.4 is 5.73 Å². The van der Waals surface area contributed by atoms with E-state index in [9.17, 15) is 13.6 Å². The number of carbonyl (C=O) groups excluding carboxylic acids is 1. The minimum absolute atomic E-state index is 0.0871. The molecule has 0 atom stereocenters. The fourth-order valence-corrected chi connectivity index (χ4v) is 2.17. The summed E-state index contributed by atoms with van der Waals surface area (Å²) >= 11 is 0. The Balaban J connectivity index is 1.99. The molecule has 19 heavy (non-hydrogen) atoms. The molecule has 0 aromatic heterocycles. The van der Waals surface area contributed by atoms with Gasteiger partial charge in [-0.15, -0.1) is 0 Å². The number of rotatable bonds is 3. The van der Waals surface area contributed by atoms with E-state index in [1.807, 2.05) is 13.8 Å². The number of hydrogen-bond acceptors (Lipinski definition) is 2. The van der Waals surface area contributed by atoms with Crippen LogP contribution in [0.5, 0.6) is 0 Å². The molecule has 0 bridgehead atoms. The van der Waals surface area contributed by atoms with E-state index in [0.717, 1.165) is 6.07 Å². The van der Waals surface area contributed by atoms with Crippen molar-refractivity contribution in [1.82, 2.24) is 4.90 Å². The van der Waals surface area contributed by atoms with Gasteiger partial charge in [-0.25, -0.2) is 8.78 Å². The van der Waals surface area contributed by atoms with Crippen LogP contribution >= 0.6 is 0 Å². The molecule has 1 aromatic carbocycles. The molecule has 1 aliphatic rings. The highest BCUT2D eigenvalue weighted by atomic mass is 19.2. The summed E-state index contributed by atoms with van der Waals surface area (Å²) in [5, 5.41) is 0. The third kappa shape index (κ3) is 2.61. The molecule has 3 nitrogen and oxygen atoms in total. The molecule has 0 radical (unpaired) electrons. The molecule has 0 unspecified atom stereocenters. The molecule has 0 aliphatic carbocycles. The SMILES string of the molecule is CC(C)C1(N)CN(C(=O)Cc2cccc(F)c2F)C1. The van der Waals surface area contributed by atoms with Crippen molar-refractivity contribution in [2.45, 2.75) is 25.8 Å². The smallest absolute Gasteiger partial charge is 0.227 e. The molecule has 1 aliphatic heterocycles. The van der Waals surface area contributed by atoms with Crippen LogP contribution in [0.15, 0.2) is 18.2 Å². The molecule has 0 saturated carbocycles. The summed E-state index contributed by atoms with van der Waals surface area (Å²) in [7, 11) is 0. The van der Waals surface area contributed by atoms with Gasteiger partial charge in [-0.1, -0.05) is 26.0 Å². The Labute approximate surface area is 111 Å². The van der Waals surface area contributed by atoms with Crippen LogP contribution in [0.2, 0.25) is 0 Å². The second-order valence-corrected chi connectivity index (χ2v) is 5.53. The largest absolute Gasteiger partial charge is 0.339 e. The number of carbonyl (C=O) groups is 1. The van der Waals surface area contributed by atoms with Crippen molar-refractivity contribution in [3.8, 4) is 0 Å². The van der Waals surface area contributed by atoms with Gasteiger partial charge in [-0.05, 0) is 12.0 Å². The topological polar surface area (TPSA) is 46.3 Å². The van der Waals surface area contributed by atoms with Crippen molar-refractivity contribution in [2.24, 2.45) is 11.7 Å². The molecule has 104 valence electrons. The lowest BCUT2D eigenvalue weighted by Crippen LogP contribution is -2.71. The summed E-state index contributed by atoms with van der Waals surface area (Å²) < 4.78 is 26.5. The maximum Gasteiger partial charge on any atom is 0.227 e. The Kier molecular flexibility index (Phi) is 3.58. The van der Waals surface area contributed by atoms with E-state index in [0.29, 0.717) is 13.1 Å². The number of nitrogens with two attached hydrogens (primary N) is 1. The van der Waals surface area contributed by atoms with Gasteiger partial charge in [0.15, 0.2) is 11.6 Å². The normalized spacial score (nSPS) is 17.5. The third-order valence-corrected chi connectivity index (χ3v) is 3.85. The Bertz CT molecular complexity index is 496. The van der Waals surface area contributed by atoms with Crippen molar-refractivity contribution in [3.05, 3.63) is 35.4 Å². The molecular weight excluding hydrogens is 250 g/mol. The molecule has 1 saturated heterocycles. The second kappa shape index (κ2) is 4.89. The number of benzene rings is 1. The van der Waals surface area contributed by atoms with Gasteiger partial charge in [-0.2, -0.15) is 0 Å². The van der Waals surface area contributed by atoms with Crippen LogP contribution in [-0.4, -0.2) is 29.4 Å². The van der Waals surface area contributed by atoms with Gasteiger partial charge in [-0.3, -0.25) is 4.79 Å². The van der Waals surface area contributed by atoms with E-state index in [2.05, 4.69) is 0 Å². The number of hydrogen-bond donors (Lipinski definition) is 1. The van der Waals surface area contributed by atoms with Crippen molar-refractivity contribution >= 4 is 5.91 Å². The molecule has 1 heterocycles. The predicted octanol–water partition coefficient (Wildman–Crippen LogP) is 1.70. The highest BCUT2D eigenvalue weighted by Gasteiger charge is 2.43. The van der Waals surface area contributed by atoms with E-state index in [1.165, 1.54) is 12.1 Å². The lowest BCUT2D eigenvalue weighted by Gasteiger charge is -2.50. The average Bonchev–Trinajstić information content (AvgIpc) is 2.30. The number of nitrogens with zero attached hydrogens (tertiary/aromatic N) is 1. The Morgan fingerprint density at radius 2 is 2.05 bits per heavy atom. The second-order valence-electron chi connectivity index (χ2n) is 5.53. The summed E-state index contributed by atoms with van der Waals surface area (Å²) in [5.74, 6) is -1.81. The van der Waals surface area contributed by atoms with Gasteiger partial charge in [0.25, 0.3) is 0 Å². The first kappa shape index (κ1) is 13.9. The Hall–Kier alpha value is -1.49. The van der Waals surface area contributed by atoms with Crippen LogP contribution in [-0.2, 0) is 11.2 Å². The van der Waals surface area contributed by atoms with Crippen molar-refractivity contribution in [1.29, 1.82) is 0 Å². The van der Waals surface area contributed by atoms with Gasteiger partial charge in [0.05, 0.1) is 12.0 Å². The minimum atomic E-state index is -0.945. The van der Waals surface area contributed by atoms with Gasteiger partial charge < -0.3 is 10.6 Å². The molecule has 2 N–H and O–H groups in total. The summed E-state index contributed by atoms with van der Waals surface area (Å²) in [6, 6.07) is 3.86. The van der Waals surface area contributed by atoms with Crippen LogP contribution in [0, 0.1) is 17.6 Å². The number of amides is 1. The first-order valence-corrected chi connectivity index (χ1v) is 6.33. The fraction of sp³-hybridized carbons (Fsp3) is 0.500. The third-order valence-electron chi connectivity index (χ3n) is 3.85. The zero-order valence-corrected chi connectivity index (χ0v) is 11.1. The first-order valence-electron chi connectivity index (χ1n) is 6.33. The van der Waals surface area contributed by atoms with Gasteiger partial charge >= 0.3 is 0 Å². The van der Waals surface area contributed by atoms with Gasteiger partial charge in [0.2, 0.25) is 5.91 Å². The zero-order chi connectivity index (χ0) is 14.2. The molecule has 1 amide bonds. The molecule has 1 fully saturated rings. The summed E-state index contributed by atoms with van der Waals surface area (Å²) in [6.07, 6.45) is -0.127. The summed E-state index contributed by atoms with van der Waals surface area (Å²) in [6.45, 7) is 4.96. The van der Waals surface area contributed by atoms with E-state index in [4.69, 9.17) is 5.73 Å². The van der Waals surface area contributed by atoms with Crippen molar-refractivity contribution in [2.75, 3.05) is 13.1 Å². The predicted molar refractivity (Wildman–Crippen MR) is 68.4 cm³/mol. The summed E-state index contributed by atoms with van der Waals surface area (Å²) in [5.41, 5.74) is 5.83. The van der Waals surface area contributed by atoms with Gasteiger partial charge in [0.1, 0.15) is 0 Å². The number of halogens is 2. The maximum atomic E-state index is 13.5. The molecule has 2 rings (SSSR count). The molecular formula is C14H18F2N2O. The van der Waals surface area contributed by atoms with E-state index in [-0.39, 0.29) is 29.3 Å². The number of likely N-dealkylation sites (tertiary alicyclic amines) is 1. The van der Waals surface area contributed by atoms with Crippen LogP contribution in [0.4, 0.5) is 8.78 Å². The Morgan fingerprint density at radius 3 is 2.63 bits per heavy atom. The maximum absolute atomic E-state index is 13.5. The zero-order valence-electron chi connectivity index (χ0n) is 11.1. The Morgan fingerprint density at radius 1 is 1.42 bits per heavy atom. The standard InChI is InChI=1S/C14H18F2N2O/c1-9(2)14(17)7-18(8-14)12(19)6-10-4-3-5-11(15)13(10)16/h3-5,9H,6-8,17H2,1-2H3. The van der Waals surface area contributed by atoms with Crippen molar-refractivity contribution in [3.63, 3.8) is 0 Å². The monoisotopic (exact) mass is 268 g/mol. The van der Waals surface area contributed by atoms with E-state index >= 15 is 0 Å². The lowest BCUT2D eigenvalue weighted by atomic mass is 9.80. The average molecular weight is 268 g/mol. The first-order chi connectivity index (χ1) is 8.83. The molecule has 5 heteroatoms. The molecule has 0 spiro atoms. The minimum Gasteiger partial charge on any atom is -0.339 e. The van der Waals surface area contributed by atoms with Crippen LogP contribution in [0.1, 0.15) is 19.4 Å². The highest BCUT2D eigenvalue weighted by molar-refractivity contribution is 5.80. The highest BCUT2D eigenvalue weighted by Crippen LogP contribution is 2.26. The van der Waals surface area contributed by atoms with Crippen LogP contribution in [0.3, 0.4) is 0 Å². The lowest BCUT2D eigenvalue weighted by molar-refractivity contribution is -0.139.